The molecule has 0 radical (unpaired) electrons. The summed E-state index contributed by atoms with van der Waals surface area (Å²) >= 11 is 1.67. The average molecular weight is 236 g/mol. The lowest BCUT2D eigenvalue weighted by Gasteiger charge is -2.07. The molecule has 2 aromatic rings. The average Bonchev–Trinajstić information content (AvgIpc) is 2.86. The van der Waals surface area contributed by atoms with Crippen LogP contribution in [0.15, 0.2) is 17.9 Å². The molecule has 0 aromatic carbocycles. The number of imidazole rings is 1. The predicted octanol–water partition coefficient (Wildman–Crippen LogP) is 2.52. The third-order valence-corrected chi connectivity index (χ3v) is 3.00. The van der Waals surface area contributed by atoms with E-state index in [2.05, 4.69) is 33.0 Å². The lowest BCUT2D eigenvalue weighted by atomic mass is 10.5. The number of nitrogens with zero attached hydrogens (tertiary/aromatic N) is 3. The Morgan fingerprint density at radius 3 is 3.06 bits per heavy atom. The summed E-state index contributed by atoms with van der Waals surface area (Å²) in [6.45, 7) is 5.97. The lowest BCUT2D eigenvalue weighted by molar-refractivity contribution is 0.801. The Morgan fingerprint density at radius 1 is 1.50 bits per heavy atom. The highest BCUT2D eigenvalue weighted by molar-refractivity contribution is 7.09. The lowest BCUT2D eigenvalue weighted by Crippen LogP contribution is -2.08. The van der Waals surface area contributed by atoms with Crippen LogP contribution in [0, 0.1) is 6.92 Å². The van der Waals surface area contributed by atoms with E-state index in [1.165, 1.54) is 4.88 Å². The van der Waals surface area contributed by atoms with Gasteiger partial charge in [-0.05, 0) is 13.3 Å². The molecule has 0 atom stereocenters. The molecule has 0 saturated carbocycles. The largest absolute Gasteiger partial charge is 0.356 e. The summed E-state index contributed by atoms with van der Waals surface area (Å²) in [6, 6.07) is 0. The molecule has 2 aromatic heterocycles. The van der Waals surface area contributed by atoms with E-state index in [0.717, 1.165) is 31.2 Å². The predicted molar refractivity (Wildman–Crippen MR) is 67.0 cm³/mol. The SMILES string of the molecule is CCCNc1nc(C)cn1Cc1cncs1. The molecule has 1 N–H and O–H groups in total. The Hall–Kier alpha value is -1.36. The molecule has 2 rings (SSSR count). The number of nitrogens with one attached hydrogen (secondary N) is 1. The molecule has 86 valence electrons. The monoisotopic (exact) mass is 236 g/mol. The van der Waals surface area contributed by atoms with Gasteiger partial charge in [0.15, 0.2) is 0 Å². The zero-order chi connectivity index (χ0) is 11.4. The Bertz CT molecular complexity index is 433. The maximum Gasteiger partial charge on any atom is 0.203 e. The van der Waals surface area contributed by atoms with Gasteiger partial charge in [-0.3, -0.25) is 4.98 Å². The molecule has 0 amide bonds. The normalized spacial score (nSPS) is 10.6. The summed E-state index contributed by atoms with van der Waals surface area (Å²) in [5.74, 6) is 0.952. The van der Waals surface area contributed by atoms with Gasteiger partial charge in [0.1, 0.15) is 0 Å². The van der Waals surface area contributed by atoms with Crippen LogP contribution in [0.2, 0.25) is 0 Å². The van der Waals surface area contributed by atoms with Crippen molar-refractivity contribution < 1.29 is 0 Å². The Labute approximate surface area is 99.4 Å². The van der Waals surface area contributed by atoms with Crippen molar-refractivity contribution in [2.75, 3.05) is 11.9 Å². The van der Waals surface area contributed by atoms with Crippen molar-refractivity contribution in [2.45, 2.75) is 26.8 Å². The number of hydrogen-bond donors (Lipinski definition) is 1. The second kappa shape index (κ2) is 5.12. The molecule has 4 nitrogen and oxygen atoms in total. The summed E-state index contributed by atoms with van der Waals surface area (Å²) in [5, 5.41) is 3.33. The van der Waals surface area contributed by atoms with Crippen molar-refractivity contribution in [1.82, 2.24) is 14.5 Å². The summed E-state index contributed by atoms with van der Waals surface area (Å²) in [7, 11) is 0. The first-order valence-corrected chi connectivity index (χ1v) is 6.32. The highest BCUT2D eigenvalue weighted by Gasteiger charge is 2.05. The molecule has 0 aliphatic carbocycles. The van der Waals surface area contributed by atoms with Crippen molar-refractivity contribution in [1.29, 1.82) is 0 Å². The molecule has 0 aliphatic rings. The second-order valence-electron chi connectivity index (χ2n) is 3.73. The fraction of sp³-hybridized carbons (Fsp3) is 0.455. The number of aryl methyl sites for hydroxylation is 1. The molecule has 2 heterocycles. The third kappa shape index (κ3) is 2.61. The first kappa shape index (κ1) is 11.1. The number of anilines is 1. The van der Waals surface area contributed by atoms with E-state index in [0.29, 0.717) is 0 Å². The van der Waals surface area contributed by atoms with E-state index in [9.17, 15) is 0 Å². The molecule has 0 unspecified atom stereocenters. The van der Waals surface area contributed by atoms with E-state index in [1.807, 2.05) is 18.6 Å². The van der Waals surface area contributed by atoms with Crippen molar-refractivity contribution in [2.24, 2.45) is 0 Å². The molecule has 0 aliphatic heterocycles. The van der Waals surface area contributed by atoms with Crippen molar-refractivity contribution >= 4 is 17.3 Å². The number of aromatic nitrogens is 3. The Morgan fingerprint density at radius 2 is 2.38 bits per heavy atom. The first-order valence-electron chi connectivity index (χ1n) is 5.44. The molecule has 5 heteroatoms. The topological polar surface area (TPSA) is 42.7 Å². The zero-order valence-electron chi connectivity index (χ0n) is 9.60. The van der Waals surface area contributed by atoms with Gasteiger partial charge >= 0.3 is 0 Å². The maximum atomic E-state index is 4.46. The van der Waals surface area contributed by atoms with Crippen LogP contribution in [0.5, 0.6) is 0 Å². The minimum atomic E-state index is 0.845. The fourth-order valence-electron chi connectivity index (χ4n) is 1.53. The minimum absolute atomic E-state index is 0.845. The van der Waals surface area contributed by atoms with Crippen LogP contribution in [-0.2, 0) is 6.54 Å². The molecule has 0 saturated heterocycles. The summed E-state index contributed by atoms with van der Waals surface area (Å²) < 4.78 is 2.14. The highest BCUT2D eigenvalue weighted by Crippen LogP contribution is 2.14. The van der Waals surface area contributed by atoms with Crippen LogP contribution < -0.4 is 5.32 Å². The summed E-state index contributed by atoms with van der Waals surface area (Å²) in [6.07, 6.45) is 5.08. The molecule has 0 bridgehead atoms. The number of hydrogen-bond acceptors (Lipinski definition) is 4. The summed E-state index contributed by atoms with van der Waals surface area (Å²) in [5.41, 5.74) is 2.90. The smallest absolute Gasteiger partial charge is 0.203 e. The minimum Gasteiger partial charge on any atom is -0.356 e. The van der Waals surface area contributed by atoms with Gasteiger partial charge in [0.25, 0.3) is 0 Å². The van der Waals surface area contributed by atoms with Gasteiger partial charge in [-0.25, -0.2) is 4.98 Å². The Kier molecular flexibility index (Phi) is 3.56. The van der Waals surface area contributed by atoms with Gasteiger partial charge in [0.2, 0.25) is 5.95 Å². The van der Waals surface area contributed by atoms with Crippen LogP contribution in [-0.4, -0.2) is 21.1 Å². The fourth-order valence-corrected chi connectivity index (χ4v) is 2.13. The summed E-state index contributed by atoms with van der Waals surface area (Å²) in [4.78, 5) is 9.79. The van der Waals surface area contributed by atoms with E-state index < -0.39 is 0 Å². The maximum absolute atomic E-state index is 4.46. The highest BCUT2D eigenvalue weighted by atomic mass is 32.1. The second-order valence-corrected chi connectivity index (χ2v) is 4.70. The van der Waals surface area contributed by atoms with Gasteiger partial charge < -0.3 is 9.88 Å². The van der Waals surface area contributed by atoms with E-state index in [1.54, 1.807) is 11.3 Å². The van der Waals surface area contributed by atoms with Gasteiger partial charge in [0.05, 0.1) is 17.7 Å². The Balaban J connectivity index is 2.12. The molecule has 0 fully saturated rings. The van der Waals surface area contributed by atoms with Gasteiger partial charge in [0, 0.05) is 23.8 Å². The van der Waals surface area contributed by atoms with E-state index >= 15 is 0 Å². The molecule has 16 heavy (non-hydrogen) atoms. The van der Waals surface area contributed by atoms with Gasteiger partial charge in [-0.1, -0.05) is 6.92 Å². The standard InChI is InChI=1S/C11H16N4S/c1-3-4-13-11-14-9(2)6-15(11)7-10-5-12-8-16-10/h5-6,8H,3-4,7H2,1-2H3,(H,13,14). The number of thiazole rings is 1. The number of rotatable bonds is 5. The molecular weight excluding hydrogens is 220 g/mol. The van der Waals surface area contributed by atoms with Gasteiger partial charge in [-0.2, -0.15) is 0 Å². The zero-order valence-corrected chi connectivity index (χ0v) is 10.4. The van der Waals surface area contributed by atoms with Crippen LogP contribution in [0.1, 0.15) is 23.9 Å². The van der Waals surface area contributed by atoms with E-state index in [4.69, 9.17) is 0 Å². The molecular formula is C11H16N4S. The van der Waals surface area contributed by atoms with Crippen LogP contribution in [0.25, 0.3) is 0 Å². The van der Waals surface area contributed by atoms with Crippen LogP contribution >= 0.6 is 11.3 Å². The van der Waals surface area contributed by atoms with Gasteiger partial charge in [-0.15, -0.1) is 11.3 Å². The quantitative estimate of drug-likeness (QED) is 0.867. The van der Waals surface area contributed by atoms with Crippen molar-refractivity contribution in [3.8, 4) is 0 Å². The van der Waals surface area contributed by atoms with Crippen molar-refractivity contribution in [3.63, 3.8) is 0 Å². The van der Waals surface area contributed by atoms with Crippen LogP contribution in [0.3, 0.4) is 0 Å². The van der Waals surface area contributed by atoms with Crippen molar-refractivity contribution in [3.05, 3.63) is 28.5 Å². The third-order valence-electron chi connectivity index (χ3n) is 2.24. The van der Waals surface area contributed by atoms with Crippen LogP contribution in [0.4, 0.5) is 5.95 Å². The van der Waals surface area contributed by atoms with E-state index in [-0.39, 0.29) is 0 Å². The molecule has 0 spiro atoms. The first-order chi connectivity index (χ1) is 7.79.